The number of ether oxygens (including phenoxy) is 3. The number of carbonyl (C=O) groups is 1. The van der Waals surface area contributed by atoms with Gasteiger partial charge in [-0.3, -0.25) is 14.2 Å². The Balaban J connectivity index is 1.40. The predicted octanol–water partition coefficient (Wildman–Crippen LogP) is 5.47. The quantitative estimate of drug-likeness (QED) is 0.237. The number of rotatable bonds is 9. The minimum atomic E-state index is -0.717. The number of benzene rings is 4. The van der Waals surface area contributed by atoms with Gasteiger partial charge >= 0.3 is 0 Å². The Hall–Kier alpha value is -5.41. The zero-order valence-electron chi connectivity index (χ0n) is 25.0. The molecule has 1 unspecified atom stereocenters. The number of methoxy groups -OCH3 is 2. The third-order valence-electron chi connectivity index (χ3n) is 7.43. The molecule has 6 rings (SSSR count). The van der Waals surface area contributed by atoms with Crippen LogP contribution in [0.2, 0.25) is 0 Å². The lowest BCUT2D eigenvalue weighted by Gasteiger charge is -2.25. The van der Waals surface area contributed by atoms with E-state index in [1.807, 2.05) is 103 Å². The van der Waals surface area contributed by atoms with E-state index in [0.29, 0.717) is 50.1 Å². The van der Waals surface area contributed by atoms with Crippen molar-refractivity contribution in [2.45, 2.75) is 19.6 Å². The van der Waals surface area contributed by atoms with Gasteiger partial charge in [-0.2, -0.15) is 0 Å². The van der Waals surface area contributed by atoms with E-state index >= 15 is 0 Å². The lowest BCUT2D eigenvalue weighted by molar-refractivity contribution is -0.113. The van der Waals surface area contributed by atoms with Gasteiger partial charge in [-0.25, -0.2) is 4.99 Å². The van der Waals surface area contributed by atoms with Crippen molar-refractivity contribution in [3.8, 4) is 17.2 Å². The molecular weight excluding hydrogens is 586 g/mol. The van der Waals surface area contributed by atoms with Crippen LogP contribution in [0, 0.1) is 0 Å². The molecule has 1 atom stereocenters. The molecule has 4 aromatic carbocycles. The lowest BCUT2D eigenvalue weighted by Crippen LogP contribution is -2.40. The average Bonchev–Trinajstić information content (AvgIpc) is 3.37. The van der Waals surface area contributed by atoms with E-state index in [9.17, 15) is 9.59 Å². The van der Waals surface area contributed by atoms with Crippen LogP contribution in [0.5, 0.6) is 17.2 Å². The van der Waals surface area contributed by atoms with Gasteiger partial charge in [0.2, 0.25) is 0 Å². The molecule has 5 aromatic rings. The van der Waals surface area contributed by atoms with E-state index in [-0.39, 0.29) is 11.5 Å². The summed E-state index contributed by atoms with van der Waals surface area (Å²) < 4.78 is 19.2. The van der Waals surface area contributed by atoms with Gasteiger partial charge in [-0.15, -0.1) is 0 Å². The summed E-state index contributed by atoms with van der Waals surface area (Å²) in [4.78, 5) is 33.1. The molecule has 1 aromatic heterocycles. The molecule has 0 bridgehead atoms. The topological polar surface area (TPSA) is 91.2 Å². The second-order valence-corrected chi connectivity index (χ2v) is 11.4. The Kier molecular flexibility index (Phi) is 8.61. The van der Waals surface area contributed by atoms with Crippen LogP contribution >= 0.6 is 11.3 Å². The van der Waals surface area contributed by atoms with Crippen molar-refractivity contribution in [3.05, 3.63) is 151 Å². The summed E-state index contributed by atoms with van der Waals surface area (Å²) in [6.45, 7) is 2.20. The number of thiazole rings is 1. The van der Waals surface area contributed by atoms with Gasteiger partial charge in [-0.05, 0) is 66.1 Å². The summed E-state index contributed by atoms with van der Waals surface area (Å²) in [5.41, 5.74) is 3.85. The van der Waals surface area contributed by atoms with Crippen LogP contribution in [0.25, 0.3) is 6.08 Å². The SMILES string of the molecule is COc1cccc(C2C(C(=O)Nc3ccccc3)=C(C)N=c3s/c(=C\c4ccc(OCc5ccccc5)c(OC)c4)c(=O)n32)c1. The zero-order valence-corrected chi connectivity index (χ0v) is 25.8. The standard InChI is InChI=1S/C36H31N3O5S/c1-23-32(34(40)38-27-14-8-5-9-15-27)33(26-13-10-16-28(21-26)42-2)39-35(41)31(45-36(39)37-23)20-25-17-18-29(30(19-25)43-3)44-22-24-11-6-4-7-12-24/h4-21,33H,22H2,1-3H3,(H,38,40)/b31-20-. The smallest absolute Gasteiger partial charge is 0.271 e. The fourth-order valence-electron chi connectivity index (χ4n) is 5.24. The first-order chi connectivity index (χ1) is 21.9. The largest absolute Gasteiger partial charge is 0.497 e. The first-order valence-electron chi connectivity index (χ1n) is 14.3. The summed E-state index contributed by atoms with van der Waals surface area (Å²) in [5, 5.41) is 2.97. The van der Waals surface area contributed by atoms with Crippen molar-refractivity contribution in [2.75, 3.05) is 19.5 Å². The molecule has 1 aliphatic heterocycles. The molecule has 8 nitrogen and oxygen atoms in total. The average molecular weight is 618 g/mol. The van der Waals surface area contributed by atoms with Crippen LogP contribution in [-0.4, -0.2) is 24.7 Å². The molecule has 2 heterocycles. The van der Waals surface area contributed by atoms with Crippen LogP contribution in [0.1, 0.15) is 29.7 Å². The van der Waals surface area contributed by atoms with Gasteiger partial charge in [0.15, 0.2) is 16.3 Å². The highest BCUT2D eigenvalue weighted by Gasteiger charge is 2.32. The van der Waals surface area contributed by atoms with E-state index in [4.69, 9.17) is 19.2 Å². The van der Waals surface area contributed by atoms with Crippen molar-refractivity contribution in [1.82, 2.24) is 4.57 Å². The van der Waals surface area contributed by atoms with Gasteiger partial charge in [0, 0.05) is 5.69 Å². The van der Waals surface area contributed by atoms with Gasteiger partial charge in [-0.1, -0.05) is 78.1 Å². The number of hydrogen-bond acceptors (Lipinski definition) is 7. The van der Waals surface area contributed by atoms with Crippen LogP contribution in [-0.2, 0) is 11.4 Å². The number of allylic oxidation sites excluding steroid dienone is 1. The number of aromatic nitrogens is 1. The number of carbonyl (C=O) groups excluding carboxylic acids is 1. The first kappa shape index (κ1) is 29.7. The lowest BCUT2D eigenvalue weighted by atomic mass is 9.95. The number of nitrogens with one attached hydrogen (secondary N) is 1. The Morgan fingerprint density at radius 1 is 0.911 bits per heavy atom. The molecule has 0 spiro atoms. The Morgan fingerprint density at radius 2 is 1.67 bits per heavy atom. The molecule has 45 heavy (non-hydrogen) atoms. The highest BCUT2D eigenvalue weighted by atomic mass is 32.1. The molecule has 226 valence electrons. The summed E-state index contributed by atoms with van der Waals surface area (Å²) in [6, 6.07) is 31.3. The Morgan fingerprint density at radius 3 is 2.40 bits per heavy atom. The highest BCUT2D eigenvalue weighted by molar-refractivity contribution is 7.07. The molecule has 1 N–H and O–H groups in total. The van der Waals surface area contributed by atoms with Gasteiger partial charge in [0.1, 0.15) is 12.4 Å². The molecule has 1 amide bonds. The fraction of sp³-hybridized carbons (Fsp3) is 0.139. The Labute approximate surface area is 264 Å². The molecule has 0 saturated heterocycles. The van der Waals surface area contributed by atoms with Crippen molar-refractivity contribution in [3.63, 3.8) is 0 Å². The normalized spacial score (nSPS) is 14.4. The number of amides is 1. The van der Waals surface area contributed by atoms with Gasteiger partial charge in [0.05, 0.1) is 36.1 Å². The van der Waals surface area contributed by atoms with E-state index < -0.39 is 6.04 Å². The molecule has 0 fully saturated rings. The van der Waals surface area contributed by atoms with E-state index in [1.165, 1.54) is 11.3 Å². The molecular formula is C36H31N3O5S. The molecule has 0 aliphatic carbocycles. The van der Waals surface area contributed by atoms with Crippen molar-refractivity contribution in [2.24, 2.45) is 4.99 Å². The maximum atomic E-state index is 14.1. The monoisotopic (exact) mass is 617 g/mol. The highest BCUT2D eigenvalue weighted by Crippen LogP contribution is 2.33. The predicted molar refractivity (Wildman–Crippen MR) is 176 cm³/mol. The minimum absolute atomic E-state index is 0.257. The van der Waals surface area contributed by atoms with Crippen LogP contribution < -0.4 is 34.4 Å². The molecule has 9 heteroatoms. The number of anilines is 1. The number of fused-ring (bicyclic) bond motifs is 1. The summed E-state index contributed by atoms with van der Waals surface area (Å²) in [7, 11) is 3.17. The third kappa shape index (κ3) is 6.30. The van der Waals surface area contributed by atoms with Crippen molar-refractivity contribution in [1.29, 1.82) is 0 Å². The van der Waals surface area contributed by atoms with Crippen LogP contribution in [0.4, 0.5) is 5.69 Å². The maximum absolute atomic E-state index is 14.1. The van der Waals surface area contributed by atoms with E-state index in [0.717, 1.165) is 16.7 Å². The molecule has 0 radical (unpaired) electrons. The van der Waals surface area contributed by atoms with E-state index in [1.54, 1.807) is 31.8 Å². The molecule has 0 saturated carbocycles. The molecule has 1 aliphatic rings. The van der Waals surface area contributed by atoms with Crippen molar-refractivity contribution < 1.29 is 19.0 Å². The minimum Gasteiger partial charge on any atom is -0.497 e. The summed E-state index contributed by atoms with van der Waals surface area (Å²) in [5.74, 6) is 1.44. The number of para-hydroxylation sites is 1. The zero-order chi connectivity index (χ0) is 31.3. The number of nitrogens with zero attached hydrogens (tertiary/aromatic N) is 2. The second-order valence-electron chi connectivity index (χ2n) is 10.4. The third-order valence-corrected chi connectivity index (χ3v) is 8.41. The first-order valence-corrected chi connectivity index (χ1v) is 15.1. The number of hydrogen-bond donors (Lipinski definition) is 1. The fourth-order valence-corrected chi connectivity index (χ4v) is 6.29. The van der Waals surface area contributed by atoms with E-state index in [2.05, 4.69) is 5.32 Å². The maximum Gasteiger partial charge on any atom is 0.271 e. The summed E-state index contributed by atoms with van der Waals surface area (Å²) >= 11 is 1.27. The van der Waals surface area contributed by atoms with Gasteiger partial charge < -0.3 is 19.5 Å². The van der Waals surface area contributed by atoms with Crippen LogP contribution in [0.15, 0.2) is 124 Å². The van der Waals surface area contributed by atoms with Crippen molar-refractivity contribution >= 4 is 29.0 Å². The van der Waals surface area contributed by atoms with Crippen LogP contribution in [0.3, 0.4) is 0 Å². The second kappa shape index (κ2) is 13.1. The Bertz CT molecular complexity index is 2070. The van der Waals surface area contributed by atoms with Gasteiger partial charge in [0.25, 0.3) is 11.5 Å². The summed E-state index contributed by atoms with van der Waals surface area (Å²) in [6.07, 6.45) is 1.80.